The first-order valence-electron chi connectivity index (χ1n) is 11.1. The molecule has 3 aromatic rings. The van der Waals surface area contributed by atoms with Gasteiger partial charge in [0.15, 0.2) is 11.6 Å². The highest BCUT2D eigenvalue weighted by atomic mass is 19.2. The van der Waals surface area contributed by atoms with Crippen molar-refractivity contribution in [2.24, 2.45) is 0 Å². The lowest BCUT2D eigenvalue weighted by molar-refractivity contribution is 0.336. The summed E-state index contributed by atoms with van der Waals surface area (Å²) < 4.78 is 49.9. The van der Waals surface area contributed by atoms with Crippen LogP contribution in [0.1, 0.15) is 61.1 Å². The first-order valence-corrected chi connectivity index (χ1v) is 11.1. The molecule has 3 aromatic carbocycles. The Hall–Kier alpha value is -3.01. The average Bonchev–Trinajstić information content (AvgIpc) is 2.82. The first-order chi connectivity index (χ1) is 15.5. The predicted octanol–water partition coefficient (Wildman–Crippen LogP) is 8.25. The fraction of sp³-hybridized carbons (Fsp3) is 0.286. The van der Waals surface area contributed by atoms with E-state index >= 15 is 4.39 Å². The average molecular weight is 437 g/mol. The van der Waals surface area contributed by atoms with E-state index in [1.165, 1.54) is 6.07 Å². The molecule has 0 bridgehead atoms. The summed E-state index contributed by atoms with van der Waals surface area (Å²) in [7, 11) is 0. The van der Waals surface area contributed by atoms with Crippen LogP contribution in [0.25, 0.3) is 17.2 Å². The van der Waals surface area contributed by atoms with Gasteiger partial charge in [0.2, 0.25) is 0 Å². The summed E-state index contributed by atoms with van der Waals surface area (Å²) in [4.78, 5) is 0. The molecule has 1 nitrogen and oxygen atoms in total. The van der Waals surface area contributed by atoms with Gasteiger partial charge >= 0.3 is 0 Å². The van der Waals surface area contributed by atoms with Gasteiger partial charge in [0.25, 0.3) is 0 Å². The van der Waals surface area contributed by atoms with Gasteiger partial charge in [-0.3, -0.25) is 0 Å². The Balaban J connectivity index is 1.49. The van der Waals surface area contributed by atoms with Crippen LogP contribution in [-0.4, -0.2) is 6.61 Å². The Labute approximate surface area is 187 Å². The van der Waals surface area contributed by atoms with Crippen molar-refractivity contribution in [1.82, 2.24) is 0 Å². The van der Waals surface area contributed by atoms with E-state index in [0.29, 0.717) is 41.9 Å². The van der Waals surface area contributed by atoms with E-state index in [2.05, 4.69) is 6.58 Å². The number of ether oxygens (including phenoxy) is 1. The van der Waals surface area contributed by atoms with Crippen LogP contribution in [0.4, 0.5) is 13.2 Å². The zero-order valence-electron chi connectivity index (χ0n) is 18.2. The smallest absolute Gasteiger partial charge is 0.166 e. The number of hydrogen-bond acceptors (Lipinski definition) is 1. The number of benzene rings is 3. The zero-order valence-corrected chi connectivity index (χ0v) is 18.2. The molecule has 0 amide bonds. The molecule has 0 saturated heterocycles. The molecule has 1 aliphatic carbocycles. The van der Waals surface area contributed by atoms with E-state index in [4.69, 9.17) is 4.74 Å². The van der Waals surface area contributed by atoms with Gasteiger partial charge < -0.3 is 4.74 Å². The molecule has 4 heteroatoms. The highest BCUT2D eigenvalue weighted by Gasteiger charge is 2.28. The molecule has 166 valence electrons. The summed E-state index contributed by atoms with van der Waals surface area (Å²) in [6, 6.07) is 15.6. The second-order valence-electron chi connectivity index (χ2n) is 8.32. The fourth-order valence-electron chi connectivity index (χ4n) is 4.71. The third kappa shape index (κ3) is 4.45. The molecular weight excluding hydrogens is 409 g/mol. The van der Waals surface area contributed by atoms with Crippen molar-refractivity contribution in [3.63, 3.8) is 0 Å². The molecule has 0 atom stereocenters. The molecule has 0 radical (unpaired) electrons. The van der Waals surface area contributed by atoms with E-state index in [1.54, 1.807) is 42.5 Å². The van der Waals surface area contributed by atoms with Crippen LogP contribution in [0, 0.1) is 17.5 Å². The van der Waals surface area contributed by atoms with Crippen LogP contribution in [0.5, 0.6) is 5.75 Å². The summed E-state index contributed by atoms with van der Waals surface area (Å²) in [5.41, 5.74) is 2.91. The molecule has 4 rings (SSSR count). The molecule has 0 unspecified atom stereocenters. The van der Waals surface area contributed by atoms with E-state index in [1.807, 2.05) is 19.1 Å². The van der Waals surface area contributed by atoms with Gasteiger partial charge in [0.05, 0.1) is 6.61 Å². The highest BCUT2D eigenvalue weighted by Crippen LogP contribution is 2.43. The zero-order chi connectivity index (χ0) is 22.7. The van der Waals surface area contributed by atoms with E-state index in [0.717, 1.165) is 18.4 Å². The molecule has 0 aliphatic heterocycles. The maximum absolute atomic E-state index is 15.0. The van der Waals surface area contributed by atoms with Crippen LogP contribution in [0.15, 0.2) is 61.2 Å². The SMILES string of the molecule is C=Cc1ccc(-c2ccc(C3CCC(c4ccc(OCC)cc4F)CC3)c(F)c2F)cc1. The third-order valence-corrected chi connectivity index (χ3v) is 6.46. The third-order valence-electron chi connectivity index (χ3n) is 6.46. The molecule has 0 spiro atoms. The monoisotopic (exact) mass is 436 g/mol. The van der Waals surface area contributed by atoms with Crippen molar-refractivity contribution in [2.75, 3.05) is 6.61 Å². The normalized spacial score (nSPS) is 18.4. The Bertz CT molecular complexity index is 1100. The molecule has 32 heavy (non-hydrogen) atoms. The lowest BCUT2D eigenvalue weighted by Crippen LogP contribution is -2.15. The van der Waals surface area contributed by atoms with Crippen LogP contribution >= 0.6 is 0 Å². The molecular formula is C28H27F3O. The summed E-state index contributed by atoms with van der Waals surface area (Å²) in [5, 5.41) is 0. The number of rotatable bonds is 6. The van der Waals surface area contributed by atoms with Gasteiger partial charge in [-0.2, -0.15) is 0 Å². The minimum atomic E-state index is -0.812. The Morgan fingerprint density at radius 2 is 1.47 bits per heavy atom. The van der Waals surface area contributed by atoms with E-state index < -0.39 is 11.6 Å². The van der Waals surface area contributed by atoms with Crippen molar-refractivity contribution in [3.8, 4) is 16.9 Å². The summed E-state index contributed by atoms with van der Waals surface area (Å²) in [6.07, 6.45) is 4.57. The van der Waals surface area contributed by atoms with Gasteiger partial charge in [-0.05, 0) is 72.8 Å². The quantitative estimate of drug-likeness (QED) is 0.378. The fourth-order valence-corrected chi connectivity index (χ4v) is 4.71. The second kappa shape index (κ2) is 9.64. The van der Waals surface area contributed by atoms with Crippen molar-refractivity contribution in [3.05, 3.63) is 95.3 Å². The molecule has 0 N–H and O–H groups in total. The minimum absolute atomic E-state index is 0.0660. The first kappa shape index (κ1) is 22.2. The van der Waals surface area contributed by atoms with Crippen LogP contribution < -0.4 is 4.74 Å². The summed E-state index contributed by atoms with van der Waals surface area (Å²) in [5.74, 6) is -1.30. The van der Waals surface area contributed by atoms with E-state index in [9.17, 15) is 8.78 Å². The van der Waals surface area contributed by atoms with Crippen molar-refractivity contribution in [2.45, 2.75) is 44.4 Å². The second-order valence-corrected chi connectivity index (χ2v) is 8.32. The van der Waals surface area contributed by atoms with Gasteiger partial charge in [-0.25, -0.2) is 13.2 Å². The van der Waals surface area contributed by atoms with Gasteiger partial charge in [0, 0.05) is 11.6 Å². The number of halogens is 3. The predicted molar refractivity (Wildman–Crippen MR) is 123 cm³/mol. The number of hydrogen-bond donors (Lipinski definition) is 0. The van der Waals surface area contributed by atoms with Crippen LogP contribution in [-0.2, 0) is 0 Å². The lowest BCUT2D eigenvalue weighted by atomic mass is 9.75. The summed E-state index contributed by atoms with van der Waals surface area (Å²) >= 11 is 0. The largest absolute Gasteiger partial charge is 0.494 e. The van der Waals surface area contributed by atoms with E-state index in [-0.39, 0.29) is 23.2 Å². The lowest BCUT2D eigenvalue weighted by Gasteiger charge is -2.30. The Morgan fingerprint density at radius 1 is 0.844 bits per heavy atom. The van der Waals surface area contributed by atoms with Crippen LogP contribution in [0.3, 0.4) is 0 Å². The molecule has 1 saturated carbocycles. The van der Waals surface area contributed by atoms with Crippen LogP contribution in [0.2, 0.25) is 0 Å². The Kier molecular flexibility index (Phi) is 6.69. The van der Waals surface area contributed by atoms with Gasteiger partial charge in [0.1, 0.15) is 11.6 Å². The van der Waals surface area contributed by atoms with Gasteiger partial charge in [-0.15, -0.1) is 0 Å². The van der Waals surface area contributed by atoms with Crippen molar-refractivity contribution >= 4 is 6.08 Å². The minimum Gasteiger partial charge on any atom is -0.494 e. The van der Waals surface area contributed by atoms with Crippen molar-refractivity contribution < 1.29 is 17.9 Å². The maximum atomic E-state index is 15.0. The molecule has 1 fully saturated rings. The maximum Gasteiger partial charge on any atom is 0.166 e. The summed E-state index contributed by atoms with van der Waals surface area (Å²) in [6.45, 7) is 6.06. The standard InChI is InChI=1S/C28H27F3O/c1-3-18-5-7-20(8-6-18)24-15-16-25(28(31)27(24)30)21-11-9-19(10-12-21)23-14-13-22(32-4-2)17-26(23)29/h3,5-8,13-17,19,21H,1,4,9-12H2,2H3. The molecule has 1 aliphatic rings. The highest BCUT2D eigenvalue weighted by molar-refractivity contribution is 5.66. The topological polar surface area (TPSA) is 9.23 Å². The molecule has 0 heterocycles. The van der Waals surface area contributed by atoms with Crippen molar-refractivity contribution in [1.29, 1.82) is 0 Å². The van der Waals surface area contributed by atoms with Gasteiger partial charge in [-0.1, -0.05) is 55.1 Å². The Morgan fingerprint density at radius 3 is 2.06 bits per heavy atom. The molecule has 0 aromatic heterocycles.